The van der Waals surface area contributed by atoms with Crippen LogP contribution in [-0.2, 0) is 0 Å². The average molecular weight is 387 g/mol. The molecule has 29 heavy (non-hydrogen) atoms. The van der Waals surface area contributed by atoms with Crippen molar-refractivity contribution in [3.05, 3.63) is 77.7 Å². The fourth-order valence-electron chi connectivity index (χ4n) is 3.56. The number of hydrogen-bond acceptors (Lipinski definition) is 5. The molecule has 6 nitrogen and oxygen atoms in total. The Morgan fingerprint density at radius 3 is 2.34 bits per heavy atom. The molecule has 0 spiro atoms. The Bertz CT molecular complexity index is 980. The van der Waals surface area contributed by atoms with Gasteiger partial charge < -0.3 is 15.1 Å². The fraction of sp³-hybridized carbons (Fsp3) is 0.261. The molecule has 6 heteroatoms. The van der Waals surface area contributed by atoms with Gasteiger partial charge in [0.05, 0.1) is 12.4 Å². The van der Waals surface area contributed by atoms with Gasteiger partial charge in [-0.15, -0.1) is 0 Å². The number of amides is 1. The maximum atomic E-state index is 12.8. The van der Waals surface area contributed by atoms with Crippen LogP contribution in [0.3, 0.4) is 0 Å². The minimum atomic E-state index is -0.0654. The molecule has 4 rings (SSSR count). The van der Waals surface area contributed by atoms with E-state index in [4.69, 9.17) is 0 Å². The molecule has 0 aliphatic carbocycles. The lowest BCUT2D eigenvalue weighted by Gasteiger charge is -2.36. The second kappa shape index (κ2) is 8.31. The van der Waals surface area contributed by atoms with Crippen molar-refractivity contribution >= 4 is 23.1 Å². The van der Waals surface area contributed by atoms with Crippen LogP contribution in [0.25, 0.3) is 0 Å². The van der Waals surface area contributed by atoms with Gasteiger partial charge >= 0.3 is 0 Å². The van der Waals surface area contributed by atoms with Gasteiger partial charge in [0, 0.05) is 37.6 Å². The largest absolute Gasteiger partial charge is 0.368 e. The van der Waals surface area contributed by atoms with Crippen LogP contribution in [0.5, 0.6) is 0 Å². The van der Waals surface area contributed by atoms with Crippen molar-refractivity contribution in [2.24, 2.45) is 0 Å². The first-order valence-corrected chi connectivity index (χ1v) is 9.86. The summed E-state index contributed by atoms with van der Waals surface area (Å²) >= 11 is 0. The molecule has 2 aromatic carbocycles. The van der Waals surface area contributed by atoms with Crippen molar-refractivity contribution in [3.63, 3.8) is 0 Å². The van der Waals surface area contributed by atoms with Crippen LogP contribution in [0.4, 0.5) is 17.2 Å². The van der Waals surface area contributed by atoms with Crippen molar-refractivity contribution < 1.29 is 4.79 Å². The summed E-state index contributed by atoms with van der Waals surface area (Å²) in [6, 6.07) is 16.1. The van der Waals surface area contributed by atoms with Crippen LogP contribution < -0.4 is 10.2 Å². The Kier molecular flexibility index (Phi) is 5.42. The molecule has 1 fully saturated rings. The van der Waals surface area contributed by atoms with E-state index in [1.807, 2.05) is 35.2 Å². The molecular formula is C23H25N5O. The van der Waals surface area contributed by atoms with Crippen LogP contribution >= 0.6 is 0 Å². The van der Waals surface area contributed by atoms with Gasteiger partial charge in [0.25, 0.3) is 5.91 Å². The van der Waals surface area contributed by atoms with Crippen LogP contribution in [0.15, 0.2) is 60.9 Å². The maximum absolute atomic E-state index is 12.8. The standard InChI is InChI=1S/C23H25N5O/c1-17-7-6-10-21(18(17)2)27-11-13-28(14-12-27)23(29)20-15-25-22(16-24-20)26-19-8-4-3-5-9-19/h3-10,15-16H,11-14H2,1-2H3,(H,25,26). The van der Waals surface area contributed by atoms with Crippen molar-refractivity contribution in [3.8, 4) is 0 Å². The van der Waals surface area contributed by atoms with E-state index in [1.165, 1.54) is 16.8 Å². The molecule has 3 aromatic rings. The number of nitrogens with zero attached hydrogens (tertiary/aromatic N) is 4. The van der Waals surface area contributed by atoms with E-state index in [0.717, 1.165) is 18.8 Å². The highest BCUT2D eigenvalue weighted by molar-refractivity contribution is 5.92. The first-order chi connectivity index (χ1) is 14.1. The summed E-state index contributed by atoms with van der Waals surface area (Å²) in [5.74, 6) is 0.553. The van der Waals surface area contributed by atoms with Gasteiger partial charge in [0.15, 0.2) is 0 Å². The van der Waals surface area contributed by atoms with Crippen LogP contribution in [-0.4, -0.2) is 47.0 Å². The molecule has 1 aliphatic heterocycles. The van der Waals surface area contributed by atoms with Crippen molar-refractivity contribution in [1.82, 2.24) is 14.9 Å². The van der Waals surface area contributed by atoms with E-state index < -0.39 is 0 Å². The Morgan fingerprint density at radius 1 is 0.897 bits per heavy atom. The molecule has 1 N–H and O–H groups in total. The molecule has 1 saturated heterocycles. The van der Waals surface area contributed by atoms with E-state index in [9.17, 15) is 4.79 Å². The average Bonchev–Trinajstić information content (AvgIpc) is 2.77. The summed E-state index contributed by atoms with van der Waals surface area (Å²) in [5, 5.41) is 3.18. The SMILES string of the molecule is Cc1cccc(N2CCN(C(=O)c3cnc(Nc4ccccc4)cn3)CC2)c1C. The lowest BCUT2D eigenvalue weighted by Crippen LogP contribution is -2.49. The number of para-hydroxylation sites is 1. The van der Waals surface area contributed by atoms with Gasteiger partial charge in [-0.1, -0.05) is 30.3 Å². The second-order valence-electron chi connectivity index (χ2n) is 7.28. The lowest BCUT2D eigenvalue weighted by molar-refractivity contribution is 0.0740. The normalized spacial score (nSPS) is 14.0. The van der Waals surface area contributed by atoms with Gasteiger partial charge in [-0.2, -0.15) is 0 Å². The smallest absolute Gasteiger partial charge is 0.274 e. The van der Waals surface area contributed by atoms with E-state index in [1.54, 1.807) is 12.4 Å². The molecular weight excluding hydrogens is 362 g/mol. The number of carbonyl (C=O) groups is 1. The number of anilines is 3. The third-order valence-corrected chi connectivity index (χ3v) is 5.40. The summed E-state index contributed by atoms with van der Waals surface area (Å²) in [5.41, 5.74) is 5.17. The summed E-state index contributed by atoms with van der Waals surface area (Å²) in [6.07, 6.45) is 3.15. The Balaban J connectivity index is 1.37. The van der Waals surface area contributed by atoms with Crippen molar-refractivity contribution in [1.29, 1.82) is 0 Å². The Morgan fingerprint density at radius 2 is 1.66 bits per heavy atom. The Hall–Kier alpha value is -3.41. The third-order valence-electron chi connectivity index (χ3n) is 5.40. The zero-order valence-electron chi connectivity index (χ0n) is 16.8. The van der Waals surface area contributed by atoms with Crippen LogP contribution in [0.2, 0.25) is 0 Å². The van der Waals surface area contributed by atoms with Crippen molar-refractivity contribution in [2.75, 3.05) is 36.4 Å². The predicted molar refractivity (Wildman–Crippen MR) is 116 cm³/mol. The van der Waals surface area contributed by atoms with Gasteiger partial charge in [0.1, 0.15) is 11.5 Å². The summed E-state index contributed by atoms with van der Waals surface area (Å²) in [6.45, 7) is 7.28. The number of nitrogens with one attached hydrogen (secondary N) is 1. The van der Waals surface area contributed by atoms with Gasteiger partial charge in [-0.05, 0) is 43.2 Å². The number of aryl methyl sites for hydroxylation is 1. The highest BCUT2D eigenvalue weighted by Crippen LogP contribution is 2.24. The highest BCUT2D eigenvalue weighted by atomic mass is 16.2. The minimum absolute atomic E-state index is 0.0654. The summed E-state index contributed by atoms with van der Waals surface area (Å²) < 4.78 is 0. The molecule has 1 amide bonds. The number of benzene rings is 2. The second-order valence-corrected chi connectivity index (χ2v) is 7.28. The molecule has 0 unspecified atom stereocenters. The topological polar surface area (TPSA) is 61.4 Å². The van der Waals surface area contributed by atoms with E-state index in [-0.39, 0.29) is 5.91 Å². The zero-order chi connectivity index (χ0) is 20.2. The molecule has 1 aromatic heterocycles. The molecule has 148 valence electrons. The quantitative estimate of drug-likeness (QED) is 0.738. The number of rotatable bonds is 4. The zero-order valence-corrected chi connectivity index (χ0v) is 16.8. The molecule has 0 atom stereocenters. The maximum Gasteiger partial charge on any atom is 0.274 e. The molecule has 1 aliphatic rings. The van der Waals surface area contributed by atoms with Crippen molar-refractivity contribution in [2.45, 2.75) is 13.8 Å². The predicted octanol–water partition coefficient (Wildman–Crippen LogP) is 3.80. The van der Waals surface area contributed by atoms with Gasteiger partial charge in [-0.3, -0.25) is 4.79 Å². The van der Waals surface area contributed by atoms with Gasteiger partial charge in [0.2, 0.25) is 0 Å². The van der Waals surface area contributed by atoms with E-state index in [0.29, 0.717) is 24.6 Å². The van der Waals surface area contributed by atoms with Crippen LogP contribution in [0.1, 0.15) is 21.6 Å². The number of carbonyl (C=O) groups excluding carboxylic acids is 1. The van der Waals surface area contributed by atoms with E-state index in [2.05, 4.69) is 52.2 Å². The first-order valence-electron chi connectivity index (χ1n) is 9.86. The lowest BCUT2D eigenvalue weighted by atomic mass is 10.1. The fourth-order valence-corrected chi connectivity index (χ4v) is 3.56. The summed E-state index contributed by atoms with van der Waals surface area (Å²) in [7, 11) is 0. The summed E-state index contributed by atoms with van der Waals surface area (Å²) in [4.78, 5) is 25.7. The number of aromatic nitrogens is 2. The number of piperazine rings is 1. The molecule has 2 heterocycles. The molecule has 0 bridgehead atoms. The van der Waals surface area contributed by atoms with Gasteiger partial charge in [-0.25, -0.2) is 9.97 Å². The number of hydrogen-bond donors (Lipinski definition) is 1. The minimum Gasteiger partial charge on any atom is -0.368 e. The third kappa shape index (κ3) is 4.21. The molecule has 0 saturated carbocycles. The monoisotopic (exact) mass is 387 g/mol. The highest BCUT2D eigenvalue weighted by Gasteiger charge is 2.24. The van der Waals surface area contributed by atoms with Crippen LogP contribution in [0, 0.1) is 13.8 Å². The first kappa shape index (κ1) is 18.9. The van der Waals surface area contributed by atoms with E-state index >= 15 is 0 Å². The Labute approximate surface area is 171 Å². The molecule has 0 radical (unpaired) electrons.